The molecule has 2 N–H and O–H groups in total. The minimum absolute atomic E-state index is 0.00325. The summed E-state index contributed by atoms with van der Waals surface area (Å²) in [5.74, 6) is 0.532. The molecule has 4 unspecified atom stereocenters. The van der Waals surface area contributed by atoms with Crippen LogP contribution in [0, 0.1) is 11.8 Å². The number of hydrogen-bond donors (Lipinski definition) is 2. The molecule has 234 valence electrons. The Balaban J connectivity index is 0.000000782. The van der Waals surface area contributed by atoms with Crippen molar-refractivity contribution in [3.8, 4) is 0 Å². The Kier molecular flexibility index (Phi) is 13.3. The fraction of sp³-hybridized carbons (Fsp3) is 0.559. The van der Waals surface area contributed by atoms with E-state index in [-0.39, 0.29) is 24.9 Å². The van der Waals surface area contributed by atoms with Crippen LogP contribution in [-0.4, -0.2) is 54.8 Å². The summed E-state index contributed by atoms with van der Waals surface area (Å²) in [5, 5.41) is 11.4. The Labute approximate surface area is 260 Å². The highest BCUT2D eigenvalue weighted by molar-refractivity contribution is 6.31. The highest BCUT2D eigenvalue weighted by atomic mass is 35.5. The van der Waals surface area contributed by atoms with Crippen LogP contribution in [0.15, 0.2) is 59.6 Å². The molecule has 2 aromatic rings. The molecule has 0 spiro atoms. The van der Waals surface area contributed by atoms with Crippen LogP contribution in [0.4, 0.5) is 0 Å². The van der Waals surface area contributed by atoms with Crippen LogP contribution in [0.5, 0.6) is 0 Å². The van der Waals surface area contributed by atoms with E-state index in [1.54, 1.807) is 6.92 Å². The summed E-state index contributed by atoms with van der Waals surface area (Å²) in [4.78, 5) is 26.9. The molecule has 1 saturated heterocycles. The number of ether oxygens (including phenoxy) is 3. The maximum Gasteiger partial charge on any atom is 0.303 e. The van der Waals surface area contributed by atoms with E-state index in [2.05, 4.69) is 17.4 Å². The molecule has 2 aromatic carbocycles. The second-order valence-electron chi connectivity index (χ2n) is 11.5. The second kappa shape index (κ2) is 17.4. The highest BCUT2D eigenvalue weighted by Gasteiger charge is 2.41. The average molecular weight is 613 g/mol. The first-order chi connectivity index (χ1) is 20.9. The molecule has 3 aliphatic rings. The minimum atomic E-state index is -0.745. The third-order valence-electron chi connectivity index (χ3n) is 8.24. The molecule has 0 bridgehead atoms. The van der Waals surface area contributed by atoms with Gasteiger partial charge >= 0.3 is 5.97 Å². The molecule has 1 saturated carbocycles. The molecule has 1 amide bonds. The maximum atomic E-state index is 12.9. The van der Waals surface area contributed by atoms with Crippen molar-refractivity contribution in [2.45, 2.75) is 89.6 Å². The van der Waals surface area contributed by atoms with Crippen LogP contribution in [0.1, 0.15) is 82.1 Å². The van der Waals surface area contributed by atoms with Gasteiger partial charge in [0.15, 0.2) is 12.3 Å². The lowest BCUT2D eigenvalue weighted by molar-refractivity contribution is -0.225. The molecule has 5 rings (SSSR count). The van der Waals surface area contributed by atoms with Crippen LogP contribution >= 0.6 is 11.6 Å². The van der Waals surface area contributed by atoms with Crippen LogP contribution in [0.3, 0.4) is 0 Å². The minimum Gasteiger partial charge on any atom is -0.481 e. The van der Waals surface area contributed by atoms with Gasteiger partial charge in [0.1, 0.15) is 12.7 Å². The molecule has 0 radical (unpaired) electrons. The fourth-order valence-corrected chi connectivity index (χ4v) is 6.02. The normalized spacial score (nSPS) is 23.8. The molecular formula is C34H45ClN2O6. The number of carboxylic acid groups (broad SMARTS) is 1. The zero-order valence-electron chi connectivity index (χ0n) is 25.1. The van der Waals surface area contributed by atoms with Gasteiger partial charge in [-0.05, 0) is 30.4 Å². The van der Waals surface area contributed by atoms with E-state index in [9.17, 15) is 9.59 Å². The molecule has 9 heteroatoms. The van der Waals surface area contributed by atoms with Gasteiger partial charge in [0.25, 0.3) is 0 Å². The van der Waals surface area contributed by atoms with Gasteiger partial charge in [-0.25, -0.2) is 4.99 Å². The Morgan fingerprint density at radius 3 is 2.44 bits per heavy atom. The van der Waals surface area contributed by atoms with E-state index < -0.39 is 24.4 Å². The Morgan fingerprint density at radius 1 is 1.00 bits per heavy atom. The van der Waals surface area contributed by atoms with Gasteiger partial charge < -0.3 is 24.6 Å². The Hall–Kier alpha value is -2.94. The van der Waals surface area contributed by atoms with Crippen molar-refractivity contribution in [2.24, 2.45) is 16.8 Å². The number of amides is 1. The maximum absolute atomic E-state index is 12.9. The van der Waals surface area contributed by atoms with Gasteiger partial charge in [-0.15, -0.1) is 0 Å². The molecular weight excluding hydrogens is 568 g/mol. The number of aliphatic carboxylic acids is 1. The van der Waals surface area contributed by atoms with Gasteiger partial charge in [-0.2, -0.15) is 0 Å². The predicted octanol–water partition coefficient (Wildman–Crippen LogP) is 6.76. The van der Waals surface area contributed by atoms with Crippen molar-refractivity contribution >= 4 is 29.4 Å². The SMILES string of the molecule is CCC(=O)O.O=C(NCCCCC1CCCCC1)C1COC(C2OC(c3ccccc3Cl)OCC2Cc2ccccc2)=N1. The average Bonchev–Trinajstić information content (AvgIpc) is 3.53. The molecule has 2 heterocycles. The number of nitrogens with zero attached hydrogens (tertiary/aromatic N) is 1. The number of benzene rings is 2. The van der Waals surface area contributed by atoms with E-state index in [1.165, 1.54) is 50.5 Å². The number of unbranched alkanes of at least 4 members (excludes halogenated alkanes) is 1. The first kappa shape index (κ1) is 33.0. The van der Waals surface area contributed by atoms with Gasteiger partial charge in [0, 0.05) is 29.5 Å². The summed E-state index contributed by atoms with van der Waals surface area (Å²) in [5.41, 5.74) is 1.96. The lowest BCUT2D eigenvalue weighted by Gasteiger charge is -2.36. The van der Waals surface area contributed by atoms with Crippen molar-refractivity contribution in [1.82, 2.24) is 5.32 Å². The lowest BCUT2D eigenvalue weighted by Crippen LogP contribution is -2.42. The number of rotatable bonds is 11. The summed E-state index contributed by atoms with van der Waals surface area (Å²) in [6.07, 6.45) is 10.3. The van der Waals surface area contributed by atoms with E-state index in [0.717, 1.165) is 24.3 Å². The summed E-state index contributed by atoms with van der Waals surface area (Å²) in [7, 11) is 0. The quantitative estimate of drug-likeness (QED) is 0.272. The van der Waals surface area contributed by atoms with Crippen LogP contribution in [0.25, 0.3) is 0 Å². The van der Waals surface area contributed by atoms with Crippen LogP contribution < -0.4 is 5.32 Å². The summed E-state index contributed by atoms with van der Waals surface area (Å²) in [6, 6.07) is 17.2. The first-order valence-corrected chi connectivity index (χ1v) is 16.1. The topological polar surface area (TPSA) is 106 Å². The number of carbonyl (C=O) groups is 2. The Morgan fingerprint density at radius 2 is 1.72 bits per heavy atom. The van der Waals surface area contributed by atoms with Crippen molar-refractivity contribution in [3.63, 3.8) is 0 Å². The second-order valence-corrected chi connectivity index (χ2v) is 11.9. The Bertz CT molecular complexity index is 1190. The van der Waals surface area contributed by atoms with Gasteiger partial charge in [-0.1, -0.05) is 112 Å². The summed E-state index contributed by atoms with van der Waals surface area (Å²) in [6.45, 7) is 2.99. The van der Waals surface area contributed by atoms with Crippen molar-refractivity contribution in [3.05, 3.63) is 70.7 Å². The zero-order chi connectivity index (χ0) is 30.4. The zero-order valence-corrected chi connectivity index (χ0v) is 25.8. The van der Waals surface area contributed by atoms with E-state index in [0.29, 0.717) is 24.1 Å². The van der Waals surface area contributed by atoms with Gasteiger partial charge in [0.2, 0.25) is 11.8 Å². The predicted molar refractivity (Wildman–Crippen MR) is 167 cm³/mol. The number of nitrogens with one attached hydrogen (secondary N) is 1. The molecule has 43 heavy (non-hydrogen) atoms. The molecule has 4 atom stereocenters. The highest BCUT2D eigenvalue weighted by Crippen LogP contribution is 2.36. The van der Waals surface area contributed by atoms with Crippen molar-refractivity contribution in [1.29, 1.82) is 0 Å². The molecule has 2 aliphatic heterocycles. The molecule has 8 nitrogen and oxygen atoms in total. The third-order valence-corrected chi connectivity index (χ3v) is 8.59. The smallest absolute Gasteiger partial charge is 0.303 e. The number of aliphatic imine (C=N–C) groups is 1. The van der Waals surface area contributed by atoms with E-state index >= 15 is 0 Å². The standard InChI is InChI=1S/C31H39ClN2O4.C3H6O2/c32-26-17-8-7-16-25(26)31-37-20-24(19-23-14-5-2-6-15-23)28(38-31)30-34-27(21-36-30)29(35)33-18-10-9-13-22-11-3-1-4-12-22;1-2-3(4)5/h2,5-8,14-17,22,24,27-28,31H,1,3-4,9-13,18-21H2,(H,33,35);2H2,1H3,(H,4,5). The summed E-state index contributed by atoms with van der Waals surface area (Å²) < 4.78 is 18.5. The fourth-order valence-electron chi connectivity index (χ4n) is 5.80. The van der Waals surface area contributed by atoms with Crippen molar-refractivity contribution in [2.75, 3.05) is 19.8 Å². The number of halogens is 1. The third kappa shape index (κ3) is 10.3. The molecule has 1 aliphatic carbocycles. The van der Waals surface area contributed by atoms with Gasteiger partial charge in [-0.3, -0.25) is 9.59 Å². The monoisotopic (exact) mass is 612 g/mol. The number of carbonyl (C=O) groups excluding carboxylic acids is 1. The first-order valence-electron chi connectivity index (χ1n) is 15.7. The molecule has 2 fully saturated rings. The molecule has 0 aromatic heterocycles. The number of carboxylic acids is 1. The van der Waals surface area contributed by atoms with Crippen molar-refractivity contribution < 1.29 is 28.9 Å². The van der Waals surface area contributed by atoms with E-state index in [1.807, 2.05) is 42.5 Å². The van der Waals surface area contributed by atoms with Gasteiger partial charge in [0.05, 0.1) is 6.61 Å². The van der Waals surface area contributed by atoms with E-state index in [4.69, 9.17) is 35.9 Å². The van der Waals surface area contributed by atoms with Crippen LogP contribution in [-0.2, 0) is 30.2 Å². The number of hydrogen-bond acceptors (Lipinski definition) is 6. The largest absolute Gasteiger partial charge is 0.481 e. The van der Waals surface area contributed by atoms with Crippen LogP contribution in [0.2, 0.25) is 5.02 Å². The summed E-state index contributed by atoms with van der Waals surface area (Å²) >= 11 is 6.44. The lowest BCUT2D eigenvalue weighted by atomic mass is 9.86.